The summed E-state index contributed by atoms with van der Waals surface area (Å²) in [4.78, 5) is 0. The number of hydrogen-bond acceptors (Lipinski definition) is 4. The summed E-state index contributed by atoms with van der Waals surface area (Å²) in [6.45, 7) is 0. The Morgan fingerprint density at radius 2 is 1.14 bits per heavy atom. The average Bonchev–Trinajstić information content (AvgIpc) is 3.27. The molecule has 8 heteroatoms. The quantitative estimate of drug-likeness (QED) is 0.356. The Labute approximate surface area is 173 Å². The van der Waals surface area contributed by atoms with Gasteiger partial charge in [0, 0.05) is 0 Å². The predicted molar refractivity (Wildman–Crippen MR) is 110 cm³/mol. The molecule has 0 unspecified atom stereocenters. The first-order valence-corrected chi connectivity index (χ1v) is 18.0. The molecule has 0 saturated heterocycles. The second-order valence-electron chi connectivity index (χ2n) is 5.13. The van der Waals surface area contributed by atoms with Gasteiger partial charge in [0.25, 0.3) is 0 Å². The van der Waals surface area contributed by atoms with Crippen molar-refractivity contribution in [2.24, 2.45) is 0 Å². The average molecular weight is 624 g/mol. The van der Waals surface area contributed by atoms with Crippen molar-refractivity contribution in [3.05, 3.63) is 32.6 Å². The third kappa shape index (κ3) is 3.24. The molecule has 0 aromatic carbocycles. The molecule has 1 saturated carbocycles. The maximum absolute atomic E-state index is 2.14. The Balaban J connectivity index is 1.31. The first-order valence-electron chi connectivity index (χ1n) is 7.14. The normalized spacial score (nSPS) is 28.4. The van der Waals surface area contributed by atoms with E-state index in [2.05, 4.69) is 47.0 Å². The fraction of sp³-hybridized carbons (Fsp3) is 0.429. The molecule has 22 heavy (non-hydrogen) atoms. The van der Waals surface area contributed by atoms with Gasteiger partial charge in [-0.25, -0.2) is 0 Å². The minimum absolute atomic E-state index is 0.759. The van der Waals surface area contributed by atoms with Crippen LogP contribution in [0.5, 0.6) is 0 Å². The predicted octanol–water partition coefficient (Wildman–Crippen LogP) is 4.79. The van der Waals surface area contributed by atoms with E-state index in [0.29, 0.717) is 0 Å². The van der Waals surface area contributed by atoms with Gasteiger partial charge in [0.1, 0.15) is 0 Å². The van der Waals surface area contributed by atoms with E-state index in [1.165, 1.54) is 25.7 Å². The van der Waals surface area contributed by atoms with Crippen LogP contribution >= 0.6 is 47.0 Å². The van der Waals surface area contributed by atoms with Crippen LogP contribution in [0.1, 0.15) is 25.7 Å². The molecular weight excluding hydrogens is 612 g/mol. The van der Waals surface area contributed by atoms with Crippen LogP contribution in [0.2, 0.25) is 10.6 Å². The van der Waals surface area contributed by atoms with Crippen molar-refractivity contribution in [1.82, 2.24) is 0 Å². The molecule has 0 nitrogen and oxygen atoms in total. The molecule has 5 rings (SSSR count). The van der Waals surface area contributed by atoms with Gasteiger partial charge >= 0.3 is 176 Å². The van der Waals surface area contributed by atoms with Gasteiger partial charge in [-0.15, -0.1) is 0 Å². The fourth-order valence-corrected chi connectivity index (χ4v) is 30.2. The van der Waals surface area contributed by atoms with E-state index in [9.17, 15) is 0 Å². The standard InChI is InChI=1S/C14H12S4Se4/c1-2-4-7(3-1)8-15-9-10(16-8)18-11(17-9)12-21-13-14(22-12)20-6-5-19-13/h1-6H2. The zero-order valence-electron chi connectivity index (χ0n) is 11.5. The van der Waals surface area contributed by atoms with Gasteiger partial charge in [0.2, 0.25) is 0 Å². The molecular formula is C14H12S4Se4. The Hall–Kier alpha value is 2.44. The Bertz CT molecular complexity index is 626. The summed E-state index contributed by atoms with van der Waals surface area (Å²) in [5.41, 5.74) is 1.76. The first kappa shape index (κ1) is 16.6. The first-order chi connectivity index (χ1) is 10.9. The van der Waals surface area contributed by atoms with Crippen LogP contribution in [0.15, 0.2) is 32.6 Å². The van der Waals surface area contributed by atoms with E-state index in [1.807, 2.05) is 10.1 Å². The van der Waals surface area contributed by atoms with Gasteiger partial charge in [0.05, 0.1) is 0 Å². The van der Waals surface area contributed by atoms with Crippen LogP contribution in [-0.2, 0) is 0 Å². The van der Waals surface area contributed by atoms with Gasteiger partial charge < -0.3 is 0 Å². The van der Waals surface area contributed by atoms with E-state index >= 15 is 0 Å². The topological polar surface area (TPSA) is 0 Å². The van der Waals surface area contributed by atoms with E-state index in [0.717, 1.165) is 59.8 Å². The van der Waals surface area contributed by atoms with Crippen molar-refractivity contribution in [3.8, 4) is 0 Å². The number of rotatable bonds is 0. The Morgan fingerprint density at radius 3 is 1.73 bits per heavy atom. The summed E-state index contributed by atoms with van der Waals surface area (Å²) >= 11 is 11.8. The van der Waals surface area contributed by atoms with Gasteiger partial charge in [-0.2, -0.15) is 0 Å². The van der Waals surface area contributed by atoms with Gasteiger partial charge in [-0.1, -0.05) is 0 Å². The molecule has 0 atom stereocenters. The van der Waals surface area contributed by atoms with E-state index in [4.69, 9.17) is 0 Å². The molecule has 5 aliphatic rings. The summed E-state index contributed by atoms with van der Waals surface area (Å²) in [5.74, 6) is 0. The summed E-state index contributed by atoms with van der Waals surface area (Å²) in [6.07, 6.45) is 5.58. The van der Waals surface area contributed by atoms with Gasteiger partial charge in [-0.3, -0.25) is 0 Å². The third-order valence-corrected chi connectivity index (χ3v) is 27.7. The summed E-state index contributed by atoms with van der Waals surface area (Å²) < 4.78 is 12.5. The second-order valence-corrected chi connectivity index (χ2v) is 23.1. The number of allylic oxidation sites excluding steroid dienone is 1. The van der Waals surface area contributed by atoms with Crippen LogP contribution in [-0.4, -0.2) is 59.8 Å². The molecule has 0 spiro atoms. The monoisotopic (exact) mass is 628 g/mol. The van der Waals surface area contributed by atoms with Crippen molar-refractivity contribution in [3.63, 3.8) is 0 Å². The van der Waals surface area contributed by atoms with Crippen molar-refractivity contribution in [2.45, 2.75) is 36.3 Å². The SMILES string of the molecule is C1CCC(=C2SC3=C(S2)SC(=C2[Se]C4=C([Se]CC[Se]4)[Se]2)S3)C1. The van der Waals surface area contributed by atoms with Gasteiger partial charge in [0.15, 0.2) is 0 Å². The third-order valence-electron chi connectivity index (χ3n) is 3.66. The van der Waals surface area contributed by atoms with E-state index in [-0.39, 0.29) is 0 Å². The van der Waals surface area contributed by atoms with E-state index in [1.54, 1.807) is 33.2 Å². The van der Waals surface area contributed by atoms with Crippen molar-refractivity contribution in [1.29, 1.82) is 0 Å². The molecule has 1 aliphatic carbocycles. The Kier molecular flexibility index (Phi) is 5.44. The zero-order chi connectivity index (χ0) is 14.5. The van der Waals surface area contributed by atoms with E-state index < -0.39 is 0 Å². The second kappa shape index (κ2) is 7.22. The number of hydrogen-bond donors (Lipinski definition) is 0. The summed E-state index contributed by atoms with van der Waals surface area (Å²) in [6, 6.07) is 0. The maximum atomic E-state index is 2.14. The zero-order valence-corrected chi connectivity index (χ0v) is 21.6. The molecule has 4 aliphatic heterocycles. The molecule has 0 amide bonds. The molecule has 0 radical (unpaired) electrons. The van der Waals surface area contributed by atoms with Crippen molar-refractivity contribution in [2.75, 3.05) is 0 Å². The van der Waals surface area contributed by atoms with Crippen LogP contribution in [0.4, 0.5) is 0 Å². The van der Waals surface area contributed by atoms with Crippen LogP contribution in [0.25, 0.3) is 0 Å². The molecule has 1 fully saturated rings. The summed E-state index contributed by atoms with van der Waals surface area (Å²) in [5, 5.41) is 3.09. The van der Waals surface area contributed by atoms with Crippen molar-refractivity contribution >= 4 is 107 Å². The van der Waals surface area contributed by atoms with Crippen LogP contribution in [0, 0.1) is 0 Å². The summed E-state index contributed by atoms with van der Waals surface area (Å²) in [7, 11) is 0. The molecule has 0 aromatic rings. The van der Waals surface area contributed by atoms with Gasteiger partial charge in [-0.05, 0) is 0 Å². The minimum atomic E-state index is 0.759. The van der Waals surface area contributed by atoms with Crippen LogP contribution < -0.4 is 0 Å². The van der Waals surface area contributed by atoms with Crippen LogP contribution in [0.3, 0.4) is 0 Å². The molecule has 0 bridgehead atoms. The number of thioether (sulfide) groups is 4. The molecule has 4 heterocycles. The Morgan fingerprint density at radius 1 is 0.591 bits per heavy atom. The van der Waals surface area contributed by atoms with Crippen molar-refractivity contribution < 1.29 is 0 Å². The molecule has 0 N–H and O–H groups in total. The molecule has 0 aromatic heterocycles. The molecule has 116 valence electrons. The fourth-order valence-electron chi connectivity index (χ4n) is 2.62.